The van der Waals surface area contributed by atoms with Gasteiger partial charge in [-0.3, -0.25) is 4.79 Å². The fourth-order valence-corrected chi connectivity index (χ4v) is 8.28. The smallest absolute Gasteiger partial charge is 0.306 e. The third-order valence-electron chi connectivity index (χ3n) is 12.5. The van der Waals surface area contributed by atoms with Crippen LogP contribution in [0.3, 0.4) is 0 Å². The van der Waals surface area contributed by atoms with Crippen LogP contribution in [-0.4, -0.2) is 89.6 Å². The number of carbonyl (C=O) groups is 1. The summed E-state index contributed by atoms with van der Waals surface area (Å²) in [5, 5.41) is 40.3. The quantitative estimate of drug-likeness (QED) is 0.0267. The molecule has 1 rings (SSSR count). The molecule has 64 heavy (non-hydrogen) atoms. The van der Waals surface area contributed by atoms with Gasteiger partial charge in [0.05, 0.1) is 19.8 Å². The molecule has 0 aromatic carbocycles. The van der Waals surface area contributed by atoms with Crippen molar-refractivity contribution < 1.29 is 44.2 Å². The van der Waals surface area contributed by atoms with E-state index in [9.17, 15) is 25.2 Å². The highest BCUT2D eigenvalue weighted by Gasteiger charge is 2.44. The van der Waals surface area contributed by atoms with Crippen LogP contribution in [0.4, 0.5) is 0 Å². The summed E-state index contributed by atoms with van der Waals surface area (Å²) in [6.45, 7) is 4.56. The number of hydrogen-bond donors (Lipinski definition) is 4. The summed E-state index contributed by atoms with van der Waals surface area (Å²) in [5.74, 6) is -0.316. The standard InChI is InChI=1S/C55H102O9/c1-3-5-7-9-11-13-15-17-19-21-23-24-25-27-29-31-33-35-37-39-41-43-45-61-47-49(48-62-55-54(60)53(59)52(58)50(46-56)64-55)63-51(57)44-42-40-38-36-34-32-30-28-26-22-20-18-16-14-12-10-8-6-4-2/h12,14,18,20-21,23,49-50,52-56,58-60H,3-11,13,15-17,19,22,24-48H2,1-2H3/b14-12-,20-18-,23-21-. The number of hydrogen-bond acceptors (Lipinski definition) is 9. The topological polar surface area (TPSA) is 135 Å². The zero-order chi connectivity index (χ0) is 46.4. The minimum Gasteiger partial charge on any atom is -0.457 e. The van der Waals surface area contributed by atoms with Gasteiger partial charge in [-0.25, -0.2) is 0 Å². The predicted octanol–water partition coefficient (Wildman–Crippen LogP) is 13.5. The molecular weight excluding hydrogens is 805 g/mol. The Bertz CT molecular complexity index is 1080. The Labute approximate surface area is 393 Å². The van der Waals surface area contributed by atoms with Gasteiger partial charge in [0.25, 0.3) is 0 Å². The van der Waals surface area contributed by atoms with Gasteiger partial charge in [-0.1, -0.05) is 204 Å². The molecule has 4 N–H and O–H groups in total. The summed E-state index contributed by atoms with van der Waals surface area (Å²) in [4.78, 5) is 12.9. The van der Waals surface area contributed by atoms with Gasteiger partial charge in [-0.2, -0.15) is 0 Å². The van der Waals surface area contributed by atoms with Crippen molar-refractivity contribution in [3.63, 3.8) is 0 Å². The number of esters is 1. The van der Waals surface area contributed by atoms with Crippen LogP contribution in [0.2, 0.25) is 0 Å². The van der Waals surface area contributed by atoms with Crippen LogP contribution in [-0.2, 0) is 23.7 Å². The second kappa shape index (κ2) is 46.5. The van der Waals surface area contributed by atoms with Crippen molar-refractivity contribution in [3.8, 4) is 0 Å². The first-order valence-corrected chi connectivity index (χ1v) is 27.1. The fourth-order valence-electron chi connectivity index (χ4n) is 8.28. The maximum absolute atomic E-state index is 12.9. The second-order valence-corrected chi connectivity index (χ2v) is 18.7. The number of rotatable bonds is 47. The van der Waals surface area contributed by atoms with E-state index in [0.29, 0.717) is 13.0 Å². The molecule has 0 aromatic heterocycles. The Morgan fingerprint density at radius 1 is 0.500 bits per heavy atom. The molecule has 1 aliphatic rings. The number of unbranched alkanes of at least 4 members (excludes halogenated alkanes) is 30. The molecule has 1 saturated heterocycles. The monoisotopic (exact) mass is 907 g/mol. The highest BCUT2D eigenvalue weighted by atomic mass is 16.7. The maximum atomic E-state index is 12.9. The van der Waals surface area contributed by atoms with Gasteiger partial charge in [0.1, 0.15) is 30.5 Å². The summed E-state index contributed by atoms with van der Waals surface area (Å²) >= 11 is 0. The first kappa shape index (κ1) is 60.4. The SMILES string of the molecule is CCCCC/C=C\C/C=C\CCCCCCCCCCCC(=O)OC(COCCCCCCCCCCCC/C=C\CCCCCCCCCC)COC1OC(CO)C(O)C(O)C1O. The number of ether oxygens (including phenoxy) is 4. The number of allylic oxidation sites excluding steroid dienone is 6. The van der Waals surface area contributed by atoms with E-state index >= 15 is 0 Å². The van der Waals surface area contributed by atoms with E-state index in [1.54, 1.807) is 0 Å². The summed E-state index contributed by atoms with van der Waals surface area (Å²) in [5.41, 5.74) is 0. The van der Waals surface area contributed by atoms with Crippen molar-refractivity contribution >= 4 is 5.97 Å². The molecule has 0 saturated carbocycles. The Balaban J connectivity index is 2.18. The minimum atomic E-state index is -1.54. The second-order valence-electron chi connectivity index (χ2n) is 18.7. The highest BCUT2D eigenvalue weighted by Crippen LogP contribution is 2.23. The van der Waals surface area contributed by atoms with E-state index in [1.807, 2.05) is 0 Å². The van der Waals surface area contributed by atoms with E-state index in [2.05, 4.69) is 50.3 Å². The van der Waals surface area contributed by atoms with Crippen molar-refractivity contribution in [2.24, 2.45) is 0 Å². The average molecular weight is 907 g/mol. The van der Waals surface area contributed by atoms with E-state index in [4.69, 9.17) is 18.9 Å². The average Bonchev–Trinajstić information content (AvgIpc) is 3.30. The fraction of sp³-hybridized carbons (Fsp3) is 0.873. The highest BCUT2D eigenvalue weighted by molar-refractivity contribution is 5.69. The number of aliphatic hydroxyl groups excluding tert-OH is 4. The van der Waals surface area contributed by atoms with E-state index in [1.165, 1.54) is 186 Å². The van der Waals surface area contributed by atoms with Crippen molar-refractivity contribution in [1.29, 1.82) is 0 Å². The summed E-state index contributed by atoms with van der Waals surface area (Å²) in [7, 11) is 0. The lowest BCUT2D eigenvalue weighted by atomic mass is 9.99. The molecule has 1 aliphatic heterocycles. The molecule has 1 heterocycles. The lowest BCUT2D eigenvalue weighted by molar-refractivity contribution is -0.305. The molecule has 6 unspecified atom stereocenters. The minimum absolute atomic E-state index is 0.114. The molecule has 0 aromatic rings. The van der Waals surface area contributed by atoms with Gasteiger partial charge in [0, 0.05) is 13.0 Å². The third kappa shape index (κ3) is 36.5. The first-order chi connectivity index (χ1) is 31.4. The zero-order valence-corrected chi connectivity index (χ0v) is 41.5. The van der Waals surface area contributed by atoms with Gasteiger partial charge in [0.15, 0.2) is 6.29 Å². The van der Waals surface area contributed by atoms with Crippen LogP contribution in [0.1, 0.15) is 245 Å². The van der Waals surface area contributed by atoms with Gasteiger partial charge >= 0.3 is 5.97 Å². The molecule has 1 fully saturated rings. The maximum Gasteiger partial charge on any atom is 0.306 e. The Kier molecular flexibility index (Phi) is 43.9. The Hall–Kier alpha value is -1.59. The normalized spacial score (nSPS) is 19.8. The summed E-state index contributed by atoms with van der Waals surface area (Å²) in [6.07, 6.45) is 50.4. The van der Waals surface area contributed by atoms with E-state index < -0.39 is 43.4 Å². The van der Waals surface area contributed by atoms with Gasteiger partial charge in [0.2, 0.25) is 0 Å². The van der Waals surface area contributed by atoms with Crippen LogP contribution in [0, 0.1) is 0 Å². The number of carbonyl (C=O) groups excluding carboxylic acids is 1. The summed E-state index contributed by atoms with van der Waals surface area (Å²) < 4.78 is 22.9. The largest absolute Gasteiger partial charge is 0.457 e. The lowest BCUT2D eigenvalue weighted by Crippen LogP contribution is -2.59. The van der Waals surface area contributed by atoms with Crippen LogP contribution in [0.25, 0.3) is 0 Å². The lowest BCUT2D eigenvalue weighted by Gasteiger charge is -2.39. The van der Waals surface area contributed by atoms with Crippen LogP contribution in [0.15, 0.2) is 36.5 Å². The van der Waals surface area contributed by atoms with Crippen molar-refractivity contribution in [1.82, 2.24) is 0 Å². The Morgan fingerprint density at radius 3 is 1.39 bits per heavy atom. The van der Waals surface area contributed by atoms with Crippen LogP contribution >= 0.6 is 0 Å². The molecule has 9 nitrogen and oxygen atoms in total. The molecule has 0 radical (unpaired) electrons. The zero-order valence-electron chi connectivity index (χ0n) is 41.5. The molecule has 6 atom stereocenters. The van der Waals surface area contributed by atoms with E-state index in [-0.39, 0.29) is 19.2 Å². The summed E-state index contributed by atoms with van der Waals surface area (Å²) in [6, 6.07) is 0. The molecule has 0 spiro atoms. The number of aliphatic hydroxyl groups is 4. The van der Waals surface area contributed by atoms with Crippen LogP contribution < -0.4 is 0 Å². The molecule has 0 amide bonds. The van der Waals surface area contributed by atoms with E-state index in [0.717, 1.165) is 38.5 Å². The molecule has 376 valence electrons. The van der Waals surface area contributed by atoms with Crippen molar-refractivity contribution in [2.45, 2.75) is 282 Å². The van der Waals surface area contributed by atoms with Crippen molar-refractivity contribution in [2.75, 3.05) is 26.4 Å². The van der Waals surface area contributed by atoms with Crippen molar-refractivity contribution in [3.05, 3.63) is 36.5 Å². The molecular formula is C55H102O9. The van der Waals surface area contributed by atoms with Gasteiger partial charge in [-0.15, -0.1) is 0 Å². The predicted molar refractivity (Wildman–Crippen MR) is 265 cm³/mol. The molecule has 0 bridgehead atoms. The van der Waals surface area contributed by atoms with Gasteiger partial charge < -0.3 is 39.4 Å². The molecule has 9 heteroatoms. The van der Waals surface area contributed by atoms with Crippen LogP contribution in [0.5, 0.6) is 0 Å². The van der Waals surface area contributed by atoms with Gasteiger partial charge in [-0.05, 0) is 70.6 Å². The third-order valence-corrected chi connectivity index (χ3v) is 12.5. The molecule has 0 aliphatic carbocycles. The Morgan fingerprint density at radius 2 is 0.906 bits per heavy atom. The first-order valence-electron chi connectivity index (χ1n) is 27.1.